The molecule has 0 saturated heterocycles. The van der Waals surface area contributed by atoms with Gasteiger partial charge in [0.05, 0.1) is 5.54 Å². The van der Waals surface area contributed by atoms with Gasteiger partial charge < -0.3 is 15.2 Å². The highest BCUT2D eigenvalue weighted by Crippen LogP contribution is 2.35. The first-order valence-electron chi connectivity index (χ1n) is 9.60. The topological polar surface area (TPSA) is 85.2 Å². The maximum absolute atomic E-state index is 12.8. The van der Waals surface area contributed by atoms with Gasteiger partial charge in [0.15, 0.2) is 5.82 Å². The minimum absolute atomic E-state index is 0.0429. The number of hydrogen-bond acceptors (Lipinski definition) is 5. The second-order valence-corrected chi connectivity index (χ2v) is 7.16. The van der Waals surface area contributed by atoms with Crippen LogP contribution in [0.4, 0.5) is 0 Å². The van der Waals surface area contributed by atoms with E-state index in [4.69, 9.17) is 10.3 Å². The van der Waals surface area contributed by atoms with E-state index in [-0.39, 0.29) is 5.91 Å². The Bertz CT molecular complexity index is 744. The van der Waals surface area contributed by atoms with E-state index >= 15 is 0 Å². The molecular weight excluding hydrogens is 328 g/mol. The highest BCUT2D eigenvalue weighted by atomic mass is 16.5. The van der Waals surface area contributed by atoms with Crippen molar-refractivity contribution >= 4 is 5.91 Å². The lowest BCUT2D eigenvalue weighted by atomic mass is 9.98. The lowest BCUT2D eigenvalue weighted by molar-refractivity contribution is 0.0755. The van der Waals surface area contributed by atoms with Gasteiger partial charge in [0.25, 0.3) is 11.8 Å². The number of benzene rings is 1. The third kappa shape index (κ3) is 3.80. The van der Waals surface area contributed by atoms with E-state index in [1.54, 1.807) is 0 Å². The zero-order valence-electron chi connectivity index (χ0n) is 15.7. The molecule has 1 amide bonds. The molecule has 1 fully saturated rings. The van der Waals surface area contributed by atoms with Crippen LogP contribution in [0.25, 0.3) is 11.5 Å². The largest absolute Gasteiger partial charge is 0.339 e. The minimum atomic E-state index is -0.478. The molecular formula is C20H28N4O2. The van der Waals surface area contributed by atoms with Gasteiger partial charge in [-0.2, -0.15) is 4.98 Å². The summed E-state index contributed by atoms with van der Waals surface area (Å²) in [6.45, 7) is 5.69. The van der Waals surface area contributed by atoms with Crippen molar-refractivity contribution in [2.45, 2.75) is 57.9 Å². The van der Waals surface area contributed by atoms with Crippen LogP contribution < -0.4 is 5.73 Å². The van der Waals surface area contributed by atoms with E-state index in [1.807, 2.05) is 29.2 Å². The van der Waals surface area contributed by atoms with Crippen molar-refractivity contribution in [1.29, 1.82) is 0 Å². The van der Waals surface area contributed by atoms with Gasteiger partial charge in [0.1, 0.15) is 0 Å². The Hall–Kier alpha value is -2.21. The van der Waals surface area contributed by atoms with Gasteiger partial charge >= 0.3 is 0 Å². The summed E-state index contributed by atoms with van der Waals surface area (Å²) >= 11 is 0. The summed E-state index contributed by atoms with van der Waals surface area (Å²) in [7, 11) is 0. The van der Waals surface area contributed by atoms with Crippen LogP contribution in [0.3, 0.4) is 0 Å². The molecule has 2 aromatic rings. The summed E-state index contributed by atoms with van der Waals surface area (Å²) < 4.78 is 5.45. The maximum Gasteiger partial charge on any atom is 0.258 e. The van der Waals surface area contributed by atoms with Crippen molar-refractivity contribution in [3.8, 4) is 11.5 Å². The Labute approximate surface area is 154 Å². The zero-order valence-corrected chi connectivity index (χ0v) is 15.7. The van der Waals surface area contributed by atoms with E-state index in [1.165, 1.54) is 0 Å². The molecule has 6 heteroatoms. The molecule has 1 saturated carbocycles. The van der Waals surface area contributed by atoms with Crippen LogP contribution in [0.5, 0.6) is 0 Å². The summed E-state index contributed by atoms with van der Waals surface area (Å²) in [6, 6.07) is 7.41. The van der Waals surface area contributed by atoms with E-state index in [2.05, 4.69) is 24.0 Å². The number of carbonyl (C=O) groups is 1. The summed E-state index contributed by atoms with van der Waals surface area (Å²) in [5, 5.41) is 4.11. The minimum Gasteiger partial charge on any atom is -0.339 e. The van der Waals surface area contributed by atoms with Crippen LogP contribution in [-0.4, -0.2) is 34.0 Å². The Kier molecular flexibility index (Phi) is 5.71. The van der Waals surface area contributed by atoms with Crippen molar-refractivity contribution in [3.05, 3.63) is 35.7 Å². The van der Waals surface area contributed by atoms with Gasteiger partial charge in [-0.05, 0) is 43.9 Å². The van der Waals surface area contributed by atoms with Crippen molar-refractivity contribution in [3.63, 3.8) is 0 Å². The van der Waals surface area contributed by atoms with Crippen LogP contribution >= 0.6 is 0 Å². The first-order valence-corrected chi connectivity index (χ1v) is 9.60. The van der Waals surface area contributed by atoms with E-state index in [0.717, 1.165) is 57.2 Å². The first kappa shape index (κ1) is 18.6. The van der Waals surface area contributed by atoms with Crippen molar-refractivity contribution in [1.82, 2.24) is 15.0 Å². The standard InChI is InChI=1S/C20H28N4O2/c1-3-12-24(13-4-2)18(25)16-9-7-8-15(14-16)17-22-19(23-26-17)20(21)10-5-6-11-20/h7-9,14H,3-6,10-13,21H2,1-2H3. The monoisotopic (exact) mass is 356 g/mol. The van der Waals surface area contributed by atoms with Crippen LogP contribution in [0.15, 0.2) is 28.8 Å². The van der Waals surface area contributed by atoms with Gasteiger partial charge in [-0.15, -0.1) is 0 Å². The van der Waals surface area contributed by atoms with Gasteiger partial charge in [0.2, 0.25) is 0 Å². The summed E-state index contributed by atoms with van der Waals surface area (Å²) in [5.74, 6) is 1.03. The molecule has 1 aliphatic rings. The maximum atomic E-state index is 12.8. The Balaban J connectivity index is 1.83. The number of rotatable bonds is 7. The zero-order chi connectivity index (χ0) is 18.6. The summed E-state index contributed by atoms with van der Waals surface area (Å²) in [4.78, 5) is 19.2. The number of amides is 1. The molecule has 0 radical (unpaired) electrons. The first-order chi connectivity index (χ1) is 12.6. The predicted octanol–water partition coefficient (Wildman–Crippen LogP) is 3.73. The van der Waals surface area contributed by atoms with Crippen LogP contribution in [0, 0.1) is 0 Å². The predicted molar refractivity (Wildman–Crippen MR) is 101 cm³/mol. The highest BCUT2D eigenvalue weighted by molar-refractivity contribution is 5.95. The van der Waals surface area contributed by atoms with Crippen molar-refractivity contribution < 1.29 is 9.32 Å². The number of aromatic nitrogens is 2. The second-order valence-electron chi connectivity index (χ2n) is 7.16. The molecule has 2 N–H and O–H groups in total. The molecule has 0 atom stereocenters. The molecule has 0 aliphatic heterocycles. The Morgan fingerprint density at radius 1 is 1.23 bits per heavy atom. The molecule has 1 aliphatic carbocycles. The lowest BCUT2D eigenvalue weighted by Gasteiger charge is -2.21. The van der Waals surface area contributed by atoms with Gasteiger partial charge in [-0.3, -0.25) is 4.79 Å². The smallest absolute Gasteiger partial charge is 0.258 e. The van der Waals surface area contributed by atoms with Crippen LogP contribution in [-0.2, 0) is 5.54 Å². The third-order valence-electron chi connectivity index (χ3n) is 5.00. The molecule has 3 rings (SSSR count). The Morgan fingerprint density at radius 2 is 1.92 bits per heavy atom. The Morgan fingerprint density at radius 3 is 2.58 bits per heavy atom. The molecule has 140 valence electrons. The summed E-state index contributed by atoms with van der Waals surface area (Å²) in [5.41, 5.74) is 7.33. The van der Waals surface area contributed by atoms with Gasteiger partial charge in [-0.1, -0.05) is 37.9 Å². The number of nitrogens with zero attached hydrogens (tertiary/aromatic N) is 3. The molecule has 1 aromatic carbocycles. The number of hydrogen-bond donors (Lipinski definition) is 1. The SMILES string of the molecule is CCCN(CCC)C(=O)c1cccc(-c2nc(C3(N)CCCC3)no2)c1. The number of nitrogens with two attached hydrogens (primary N) is 1. The molecule has 0 bridgehead atoms. The highest BCUT2D eigenvalue weighted by Gasteiger charge is 2.36. The third-order valence-corrected chi connectivity index (χ3v) is 5.00. The fourth-order valence-corrected chi connectivity index (χ4v) is 3.60. The van der Waals surface area contributed by atoms with Gasteiger partial charge in [-0.25, -0.2) is 0 Å². The normalized spacial score (nSPS) is 16.0. The van der Waals surface area contributed by atoms with E-state index in [9.17, 15) is 4.79 Å². The molecule has 1 aromatic heterocycles. The van der Waals surface area contributed by atoms with E-state index < -0.39 is 5.54 Å². The quantitative estimate of drug-likeness (QED) is 0.817. The molecule has 0 unspecified atom stereocenters. The van der Waals surface area contributed by atoms with Crippen molar-refractivity contribution in [2.75, 3.05) is 13.1 Å². The number of carbonyl (C=O) groups excluding carboxylic acids is 1. The molecule has 26 heavy (non-hydrogen) atoms. The van der Waals surface area contributed by atoms with Crippen LogP contribution in [0.1, 0.15) is 68.6 Å². The average molecular weight is 356 g/mol. The van der Waals surface area contributed by atoms with Crippen LogP contribution in [0.2, 0.25) is 0 Å². The van der Waals surface area contributed by atoms with Crippen molar-refractivity contribution in [2.24, 2.45) is 5.73 Å². The fourth-order valence-electron chi connectivity index (χ4n) is 3.60. The average Bonchev–Trinajstić information content (AvgIpc) is 3.31. The molecule has 1 heterocycles. The van der Waals surface area contributed by atoms with Gasteiger partial charge in [0, 0.05) is 24.2 Å². The fraction of sp³-hybridized carbons (Fsp3) is 0.550. The van der Waals surface area contributed by atoms with E-state index in [0.29, 0.717) is 17.3 Å². The molecule has 0 spiro atoms. The summed E-state index contributed by atoms with van der Waals surface area (Å²) in [6.07, 6.45) is 5.83. The lowest BCUT2D eigenvalue weighted by Crippen LogP contribution is -2.34. The second kappa shape index (κ2) is 7.99. The molecule has 6 nitrogen and oxygen atoms in total.